The molecule has 0 N–H and O–H groups in total. The SMILES string of the molecule is CCN(CC)CCCN1C(=O)c2oc3ccc(Cl)cc3c(=O)c2[C@@H]1c1ccc(OC)cc1. The van der Waals surface area contributed by atoms with Crippen LogP contribution < -0.4 is 10.2 Å². The van der Waals surface area contributed by atoms with Gasteiger partial charge in [0.25, 0.3) is 5.91 Å². The fraction of sp³-hybridized carbons (Fsp3) is 0.360. The first kappa shape index (κ1) is 22.4. The molecule has 7 heteroatoms. The Balaban J connectivity index is 1.79. The molecule has 32 heavy (non-hydrogen) atoms. The third-order valence-electron chi connectivity index (χ3n) is 6.13. The van der Waals surface area contributed by atoms with Gasteiger partial charge < -0.3 is 19.0 Å². The standard InChI is InChI=1S/C25H27ClN2O4/c1-4-27(5-2)13-6-14-28-22(16-7-10-18(31-3)11-8-16)21-23(29)19-15-17(26)9-12-20(19)32-24(21)25(28)30/h7-12,15,22H,4-6,13-14H2,1-3H3/t22-/m0/s1. The van der Waals surface area contributed by atoms with Crippen molar-refractivity contribution in [3.8, 4) is 5.75 Å². The number of amides is 1. The summed E-state index contributed by atoms with van der Waals surface area (Å²) in [6, 6.07) is 11.8. The summed E-state index contributed by atoms with van der Waals surface area (Å²) >= 11 is 6.13. The van der Waals surface area contributed by atoms with Crippen LogP contribution in [-0.2, 0) is 0 Å². The Morgan fingerprint density at radius 1 is 1.09 bits per heavy atom. The predicted octanol–water partition coefficient (Wildman–Crippen LogP) is 4.73. The summed E-state index contributed by atoms with van der Waals surface area (Å²) in [6.07, 6.45) is 0.799. The lowest BCUT2D eigenvalue weighted by atomic mass is 9.98. The molecule has 1 aliphatic heterocycles. The highest BCUT2D eigenvalue weighted by Gasteiger charge is 2.42. The van der Waals surface area contributed by atoms with Crippen LogP contribution >= 0.6 is 11.6 Å². The minimum atomic E-state index is -0.514. The second-order valence-corrected chi connectivity index (χ2v) is 8.31. The van der Waals surface area contributed by atoms with E-state index in [2.05, 4.69) is 18.7 Å². The predicted molar refractivity (Wildman–Crippen MR) is 126 cm³/mol. The Hall–Kier alpha value is -2.83. The highest BCUT2D eigenvalue weighted by Crippen LogP contribution is 2.38. The van der Waals surface area contributed by atoms with Crippen molar-refractivity contribution >= 4 is 28.5 Å². The molecule has 1 aliphatic rings. The summed E-state index contributed by atoms with van der Waals surface area (Å²) in [4.78, 5) is 31.0. The summed E-state index contributed by atoms with van der Waals surface area (Å²) < 4.78 is 11.2. The number of fused-ring (bicyclic) bond motifs is 2. The Labute approximate surface area is 192 Å². The van der Waals surface area contributed by atoms with Gasteiger partial charge in [-0.2, -0.15) is 0 Å². The fourth-order valence-corrected chi connectivity index (χ4v) is 4.53. The molecule has 168 valence electrons. The van der Waals surface area contributed by atoms with Gasteiger partial charge in [0.05, 0.1) is 24.1 Å². The first-order chi connectivity index (χ1) is 15.5. The number of carbonyl (C=O) groups excluding carboxylic acids is 1. The van der Waals surface area contributed by atoms with E-state index in [0.29, 0.717) is 33.8 Å². The van der Waals surface area contributed by atoms with E-state index in [4.69, 9.17) is 20.8 Å². The van der Waals surface area contributed by atoms with E-state index in [1.165, 1.54) is 0 Å². The zero-order valence-corrected chi connectivity index (χ0v) is 19.3. The molecule has 0 aliphatic carbocycles. The number of rotatable bonds is 8. The Morgan fingerprint density at radius 2 is 1.81 bits per heavy atom. The number of halogens is 1. The van der Waals surface area contributed by atoms with Crippen LogP contribution in [0, 0.1) is 0 Å². The lowest BCUT2D eigenvalue weighted by Crippen LogP contribution is -2.33. The molecule has 0 unspecified atom stereocenters. The van der Waals surface area contributed by atoms with Crippen molar-refractivity contribution in [3.05, 3.63) is 74.6 Å². The molecule has 1 atom stereocenters. The van der Waals surface area contributed by atoms with E-state index < -0.39 is 6.04 Å². The van der Waals surface area contributed by atoms with E-state index >= 15 is 0 Å². The van der Waals surface area contributed by atoms with Gasteiger partial charge in [-0.15, -0.1) is 0 Å². The Bertz CT molecular complexity index is 1190. The lowest BCUT2D eigenvalue weighted by molar-refractivity contribution is 0.0720. The molecule has 0 fully saturated rings. The molecule has 0 bridgehead atoms. The first-order valence-electron chi connectivity index (χ1n) is 10.9. The van der Waals surface area contributed by atoms with Crippen LogP contribution in [0.15, 0.2) is 51.7 Å². The van der Waals surface area contributed by atoms with Crippen molar-refractivity contribution in [2.75, 3.05) is 33.3 Å². The average molecular weight is 455 g/mol. The molecule has 0 saturated heterocycles. The maximum atomic E-state index is 13.5. The Morgan fingerprint density at radius 3 is 2.47 bits per heavy atom. The maximum absolute atomic E-state index is 13.5. The highest BCUT2D eigenvalue weighted by molar-refractivity contribution is 6.31. The van der Waals surface area contributed by atoms with Gasteiger partial charge in [0, 0.05) is 11.6 Å². The molecule has 0 radical (unpaired) electrons. The van der Waals surface area contributed by atoms with Crippen LogP contribution in [0.3, 0.4) is 0 Å². The zero-order chi connectivity index (χ0) is 22.8. The number of ether oxygens (including phenoxy) is 1. The molecule has 6 nitrogen and oxygen atoms in total. The first-order valence-corrected chi connectivity index (χ1v) is 11.3. The number of hydrogen-bond donors (Lipinski definition) is 0. The third kappa shape index (κ3) is 4.00. The Kier molecular flexibility index (Phi) is 6.53. The van der Waals surface area contributed by atoms with Crippen LogP contribution in [0.2, 0.25) is 5.02 Å². The summed E-state index contributed by atoms with van der Waals surface area (Å²) in [6.45, 7) is 7.56. The van der Waals surface area contributed by atoms with E-state index in [1.807, 2.05) is 24.3 Å². The van der Waals surface area contributed by atoms with Crippen molar-refractivity contribution in [3.63, 3.8) is 0 Å². The van der Waals surface area contributed by atoms with Gasteiger partial charge in [-0.1, -0.05) is 37.6 Å². The number of hydrogen-bond acceptors (Lipinski definition) is 5. The molecular weight excluding hydrogens is 428 g/mol. The van der Waals surface area contributed by atoms with Gasteiger partial charge in [0.2, 0.25) is 5.76 Å². The molecule has 2 aromatic carbocycles. The molecule has 1 amide bonds. The van der Waals surface area contributed by atoms with Gasteiger partial charge >= 0.3 is 0 Å². The summed E-state index contributed by atoms with van der Waals surface area (Å²) in [5, 5.41) is 0.832. The van der Waals surface area contributed by atoms with Gasteiger partial charge in [-0.3, -0.25) is 9.59 Å². The third-order valence-corrected chi connectivity index (χ3v) is 6.36. The fourth-order valence-electron chi connectivity index (χ4n) is 4.36. The van der Waals surface area contributed by atoms with Crippen molar-refractivity contribution in [1.29, 1.82) is 0 Å². The minimum Gasteiger partial charge on any atom is -0.497 e. The van der Waals surface area contributed by atoms with Gasteiger partial charge in [-0.25, -0.2) is 0 Å². The number of nitrogens with zero attached hydrogens (tertiary/aromatic N) is 2. The summed E-state index contributed by atoms with van der Waals surface area (Å²) in [5.74, 6) is 0.575. The number of carbonyl (C=O) groups is 1. The van der Waals surface area contributed by atoms with Gasteiger partial charge in [0.15, 0.2) is 5.43 Å². The van der Waals surface area contributed by atoms with Crippen LogP contribution in [0.1, 0.15) is 48.0 Å². The van der Waals surface area contributed by atoms with Crippen LogP contribution in [0.4, 0.5) is 0 Å². The number of methoxy groups -OCH3 is 1. The highest BCUT2D eigenvalue weighted by atomic mass is 35.5. The maximum Gasteiger partial charge on any atom is 0.290 e. The second kappa shape index (κ2) is 9.35. The van der Waals surface area contributed by atoms with Crippen LogP contribution in [-0.4, -0.2) is 49.0 Å². The smallest absolute Gasteiger partial charge is 0.290 e. The van der Waals surface area contributed by atoms with Crippen molar-refractivity contribution in [2.24, 2.45) is 0 Å². The van der Waals surface area contributed by atoms with E-state index in [1.54, 1.807) is 30.2 Å². The van der Waals surface area contributed by atoms with Crippen molar-refractivity contribution in [1.82, 2.24) is 9.80 Å². The van der Waals surface area contributed by atoms with Crippen molar-refractivity contribution in [2.45, 2.75) is 26.3 Å². The molecule has 0 saturated carbocycles. The van der Waals surface area contributed by atoms with E-state index in [-0.39, 0.29) is 17.1 Å². The molecule has 1 aromatic heterocycles. The molecule has 3 aromatic rings. The van der Waals surface area contributed by atoms with Crippen LogP contribution in [0.5, 0.6) is 5.75 Å². The van der Waals surface area contributed by atoms with Crippen LogP contribution in [0.25, 0.3) is 11.0 Å². The molecule has 2 heterocycles. The molecular formula is C25H27ClN2O4. The zero-order valence-electron chi connectivity index (χ0n) is 18.6. The largest absolute Gasteiger partial charge is 0.497 e. The van der Waals surface area contributed by atoms with Gasteiger partial charge in [-0.05, 0) is 62.0 Å². The van der Waals surface area contributed by atoms with E-state index in [0.717, 1.165) is 31.6 Å². The second-order valence-electron chi connectivity index (χ2n) is 7.87. The summed E-state index contributed by atoms with van der Waals surface area (Å²) in [5.41, 5.74) is 1.36. The van der Waals surface area contributed by atoms with Crippen molar-refractivity contribution < 1.29 is 13.9 Å². The lowest BCUT2D eigenvalue weighted by Gasteiger charge is -2.26. The van der Waals surface area contributed by atoms with E-state index in [9.17, 15) is 9.59 Å². The van der Waals surface area contributed by atoms with Gasteiger partial charge in [0.1, 0.15) is 11.3 Å². The normalized spacial score (nSPS) is 15.6. The minimum absolute atomic E-state index is 0.119. The topological polar surface area (TPSA) is 63.0 Å². The molecule has 0 spiro atoms. The quantitative estimate of drug-likeness (QED) is 0.492. The average Bonchev–Trinajstić information content (AvgIpc) is 3.09. The number of benzene rings is 2. The molecule has 4 rings (SSSR count). The monoisotopic (exact) mass is 454 g/mol. The summed E-state index contributed by atoms with van der Waals surface area (Å²) in [7, 11) is 1.60.